The fourth-order valence-electron chi connectivity index (χ4n) is 2.59. The van der Waals surface area contributed by atoms with Gasteiger partial charge in [-0.05, 0) is 26.7 Å². The Kier molecular flexibility index (Phi) is 3.78. The van der Waals surface area contributed by atoms with E-state index in [1.54, 1.807) is 0 Å². The molecule has 2 unspecified atom stereocenters. The van der Waals surface area contributed by atoms with E-state index in [-0.39, 0.29) is 6.03 Å². The van der Waals surface area contributed by atoms with E-state index in [1.165, 1.54) is 0 Å². The van der Waals surface area contributed by atoms with Crippen molar-refractivity contribution in [2.45, 2.75) is 52.6 Å². The molecule has 2 amide bonds. The van der Waals surface area contributed by atoms with Crippen LogP contribution in [-0.2, 0) is 0 Å². The lowest BCUT2D eigenvalue weighted by molar-refractivity contribution is 0.188. The minimum atomic E-state index is 0.230. The van der Waals surface area contributed by atoms with E-state index >= 15 is 0 Å². The Morgan fingerprint density at radius 2 is 1.29 bits per heavy atom. The summed E-state index contributed by atoms with van der Waals surface area (Å²) in [6, 6.07) is 1.09. The minimum Gasteiger partial charge on any atom is -0.320 e. The number of amides is 2. The van der Waals surface area contributed by atoms with Crippen molar-refractivity contribution in [1.29, 1.82) is 0 Å². The summed E-state index contributed by atoms with van der Waals surface area (Å²) in [4.78, 5) is 16.0. The van der Waals surface area contributed by atoms with Crippen LogP contribution < -0.4 is 0 Å². The molecular formula is C11H22N2O. The summed E-state index contributed by atoms with van der Waals surface area (Å²) < 4.78 is 0. The van der Waals surface area contributed by atoms with Crippen LogP contribution in [0.3, 0.4) is 0 Å². The van der Waals surface area contributed by atoms with E-state index in [9.17, 15) is 4.79 Å². The molecule has 0 aliphatic carbocycles. The van der Waals surface area contributed by atoms with Crippen LogP contribution in [0.2, 0.25) is 0 Å². The molecule has 0 aromatic heterocycles. The zero-order valence-electron chi connectivity index (χ0n) is 9.79. The SMILES string of the molecule is CCC1C(CC)N(CC)C(=O)N1CC. The Balaban J connectivity index is 2.87. The Morgan fingerprint density at radius 3 is 1.50 bits per heavy atom. The molecule has 3 heteroatoms. The predicted molar refractivity (Wildman–Crippen MR) is 58.3 cm³/mol. The molecule has 1 aliphatic rings. The highest BCUT2D eigenvalue weighted by molar-refractivity contribution is 5.77. The van der Waals surface area contributed by atoms with Crippen LogP contribution in [0.5, 0.6) is 0 Å². The van der Waals surface area contributed by atoms with Gasteiger partial charge < -0.3 is 9.80 Å². The monoisotopic (exact) mass is 198 g/mol. The van der Waals surface area contributed by atoms with Gasteiger partial charge in [0.05, 0.1) is 12.1 Å². The van der Waals surface area contributed by atoms with Crippen LogP contribution in [0.15, 0.2) is 0 Å². The largest absolute Gasteiger partial charge is 0.320 e. The Bertz CT molecular complexity index is 185. The zero-order chi connectivity index (χ0) is 10.7. The van der Waals surface area contributed by atoms with Crippen LogP contribution in [-0.4, -0.2) is 41.0 Å². The molecule has 0 spiro atoms. The summed E-state index contributed by atoms with van der Waals surface area (Å²) in [6.07, 6.45) is 2.13. The zero-order valence-corrected chi connectivity index (χ0v) is 9.79. The Morgan fingerprint density at radius 1 is 0.929 bits per heavy atom. The van der Waals surface area contributed by atoms with Gasteiger partial charge in [0.25, 0.3) is 0 Å². The van der Waals surface area contributed by atoms with Crippen molar-refractivity contribution in [3.8, 4) is 0 Å². The van der Waals surface area contributed by atoms with Gasteiger partial charge in [-0.3, -0.25) is 0 Å². The maximum absolute atomic E-state index is 12.0. The van der Waals surface area contributed by atoms with Gasteiger partial charge in [-0.25, -0.2) is 4.79 Å². The first-order valence-electron chi connectivity index (χ1n) is 5.78. The molecule has 0 aromatic rings. The molecule has 0 N–H and O–H groups in total. The van der Waals surface area contributed by atoms with E-state index in [4.69, 9.17) is 0 Å². The second-order valence-electron chi connectivity index (χ2n) is 3.81. The van der Waals surface area contributed by atoms with Crippen molar-refractivity contribution in [2.24, 2.45) is 0 Å². The highest BCUT2D eigenvalue weighted by Crippen LogP contribution is 2.26. The molecule has 0 saturated carbocycles. The first kappa shape index (κ1) is 11.3. The normalized spacial score (nSPS) is 27.6. The molecule has 1 heterocycles. The summed E-state index contributed by atoms with van der Waals surface area (Å²) in [5.74, 6) is 0. The second-order valence-corrected chi connectivity index (χ2v) is 3.81. The molecule has 0 aromatic carbocycles. The van der Waals surface area contributed by atoms with Gasteiger partial charge in [0.1, 0.15) is 0 Å². The molecular weight excluding hydrogens is 176 g/mol. The van der Waals surface area contributed by atoms with Gasteiger partial charge in [0.2, 0.25) is 0 Å². The highest BCUT2D eigenvalue weighted by atomic mass is 16.2. The average molecular weight is 198 g/mol. The lowest BCUT2D eigenvalue weighted by atomic mass is 10.0. The fraction of sp³-hybridized carbons (Fsp3) is 0.909. The number of nitrogens with zero attached hydrogens (tertiary/aromatic N) is 2. The minimum absolute atomic E-state index is 0.230. The topological polar surface area (TPSA) is 23.6 Å². The predicted octanol–water partition coefficient (Wildman–Crippen LogP) is 2.32. The van der Waals surface area contributed by atoms with E-state index in [1.807, 2.05) is 9.80 Å². The number of carbonyl (C=O) groups excluding carboxylic acids is 1. The summed E-state index contributed by atoms with van der Waals surface area (Å²) in [5, 5.41) is 0. The van der Waals surface area contributed by atoms with Gasteiger partial charge in [0, 0.05) is 13.1 Å². The number of hydrogen-bond acceptors (Lipinski definition) is 1. The summed E-state index contributed by atoms with van der Waals surface area (Å²) in [5.41, 5.74) is 0. The third-order valence-corrected chi connectivity index (χ3v) is 3.25. The van der Waals surface area contributed by atoms with E-state index in [0.29, 0.717) is 12.1 Å². The molecule has 82 valence electrons. The molecule has 1 aliphatic heterocycles. The Hall–Kier alpha value is -0.730. The number of carbonyl (C=O) groups is 1. The van der Waals surface area contributed by atoms with Gasteiger partial charge in [0.15, 0.2) is 0 Å². The number of urea groups is 1. The summed E-state index contributed by atoms with van der Waals surface area (Å²) in [6.45, 7) is 10.1. The standard InChI is InChI=1S/C11H22N2O/c1-5-9-10(6-2)13(8-4)11(14)12(9)7-3/h9-10H,5-8H2,1-4H3. The van der Waals surface area contributed by atoms with Crippen LogP contribution >= 0.6 is 0 Å². The smallest absolute Gasteiger partial charge is 0.320 e. The van der Waals surface area contributed by atoms with Crippen LogP contribution in [0.4, 0.5) is 4.79 Å². The first-order chi connectivity index (χ1) is 6.71. The first-order valence-corrected chi connectivity index (χ1v) is 5.78. The fourth-order valence-corrected chi connectivity index (χ4v) is 2.59. The van der Waals surface area contributed by atoms with Crippen molar-refractivity contribution in [3.63, 3.8) is 0 Å². The molecule has 1 saturated heterocycles. The maximum atomic E-state index is 12.0. The van der Waals surface area contributed by atoms with Crippen molar-refractivity contribution >= 4 is 6.03 Å². The number of hydrogen-bond donors (Lipinski definition) is 0. The lowest BCUT2D eigenvalue weighted by Crippen LogP contribution is -2.36. The third kappa shape index (κ3) is 1.60. The lowest BCUT2D eigenvalue weighted by Gasteiger charge is -2.24. The van der Waals surface area contributed by atoms with E-state index < -0.39 is 0 Å². The quantitative estimate of drug-likeness (QED) is 0.680. The van der Waals surface area contributed by atoms with Gasteiger partial charge >= 0.3 is 6.03 Å². The molecule has 14 heavy (non-hydrogen) atoms. The number of likely N-dealkylation sites (N-methyl/N-ethyl adjacent to an activating group) is 2. The van der Waals surface area contributed by atoms with Crippen molar-refractivity contribution in [1.82, 2.24) is 9.80 Å². The van der Waals surface area contributed by atoms with Crippen LogP contribution in [0, 0.1) is 0 Å². The second kappa shape index (κ2) is 4.67. The maximum Gasteiger partial charge on any atom is 0.320 e. The molecule has 0 bridgehead atoms. The van der Waals surface area contributed by atoms with Crippen molar-refractivity contribution in [3.05, 3.63) is 0 Å². The molecule has 1 rings (SSSR count). The van der Waals surface area contributed by atoms with Gasteiger partial charge in [-0.15, -0.1) is 0 Å². The average Bonchev–Trinajstić information content (AvgIpc) is 2.48. The third-order valence-electron chi connectivity index (χ3n) is 3.25. The van der Waals surface area contributed by atoms with E-state index in [2.05, 4.69) is 27.7 Å². The van der Waals surface area contributed by atoms with Gasteiger partial charge in [-0.2, -0.15) is 0 Å². The Labute approximate surface area is 87.1 Å². The van der Waals surface area contributed by atoms with Crippen LogP contribution in [0.25, 0.3) is 0 Å². The summed E-state index contributed by atoms with van der Waals surface area (Å²) in [7, 11) is 0. The van der Waals surface area contributed by atoms with Crippen molar-refractivity contribution < 1.29 is 4.79 Å². The van der Waals surface area contributed by atoms with Crippen molar-refractivity contribution in [2.75, 3.05) is 13.1 Å². The molecule has 2 atom stereocenters. The van der Waals surface area contributed by atoms with Crippen LogP contribution in [0.1, 0.15) is 40.5 Å². The van der Waals surface area contributed by atoms with E-state index in [0.717, 1.165) is 25.9 Å². The highest BCUT2D eigenvalue weighted by Gasteiger charge is 2.41. The molecule has 3 nitrogen and oxygen atoms in total. The van der Waals surface area contributed by atoms with Gasteiger partial charge in [-0.1, -0.05) is 13.8 Å². The molecule has 0 radical (unpaired) electrons. The summed E-state index contributed by atoms with van der Waals surface area (Å²) >= 11 is 0. The number of rotatable bonds is 4. The molecule has 1 fully saturated rings.